The molecule has 0 amide bonds. The molecule has 9 atom stereocenters. The van der Waals surface area contributed by atoms with Gasteiger partial charge in [0.2, 0.25) is 0 Å². The summed E-state index contributed by atoms with van der Waals surface area (Å²) in [5.74, 6) is 4.37. The van der Waals surface area contributed by atoms with Crippen molar-refractivity contribution in [3.8, 4) is 0 Å². The van der Waals surface area contributed by atoms with Crippen LogP contribution in [-0.2, 0) is 11.3 Å². The van der Waals surface area contributed by atoms with Crippen LogP contribution >= 0.6 is 0 Å². The van der Waals surface area contributed by atoms with Gasteiger partial charge in [0.15, 0.2) is 5.78 Å². The number of aromatic nitrogens is 2. The van der Waals surface area contributed by atoms with Crippen LogP contribution in [0.1, 0.15) is 58.8 Å². The van der Waals surface area contributed by atoms with Gasteiger partial charge in [-0.15, -0.1) is 0 Å². The second-order valence-electron chi connectivity index (χ2n) is 11.2. The molecule has 1 heterocycles. The molecule has 4 nitrogen and oxygen atoms in total. The fourth-order valence-corrected chi connectivity index (χ4v) is 8.53. The van der Waals surface area contributed by atoms with Crippen LogP contribution in [0.2, 0.25) is 0 Å². The molecule has 1 unspecified atom stereocenters. The van der Waals surface area contributed by atoms with E-state index in [1.165, 1.54) is 32.1 Å². The molecule has 5 aliphatic carbocycles. The molecule has 5 aliphatic rings. The number of carbonyl (C=O) groups is 1. The molecule has 0 saturated heterocycles. The van der Waals surface area contributed by atoms with Crippen LogP contribution in [-0.4, -0.2) is 26.3 Å². The van der Waals surface area contributed by atoms with Crippen LogP contribution in [0, 0.1) is 46.8 Å². The number of Topliss-reactive ketones (excluding diaryl/α,β-unsaturated/α-hetero) is 1. The molecule has 0 aliphatic heterocycles. The van der Waals surface area contributed by atoms with E-state index in [2.05, 4.69) is 25.0 Å². The lowest BCUT2D eigenvalue weighted by molar-refractivity contribution is -0.129. The van der Waals surface area contributed by atoms with Gasteiger partial charge in [-0.25, -0.2) is 0 Å². The fraction of sp³-hybridized carbons (Fsp3) is 0.760. The maximum absolute atomic E-state index is 13.2. The minimum atomic E-state index is -0.379. The van der Waals surface area contributed by atoms with Gasteiger partial charge in [-0.1, -0.05) is 25.5 Å². The summed E-state index contributed by atoms with van der Waals surface area (Å²) in [6, 6.07) is 1.90. The van der Waals surface area contributed by atoms with Gasteiger partial charge >= 0.3 is 0 Å². The minimum absolute atomic E-state index is 0.164. The van der Waals surface area contributed by atoms with E-state index in [1.807, 2.05) is 12.3 Å². The summed E-state index contributed by atoms with van der Waals surface area (Å²) in [5.41, 5.74) is 1.40. The Morgan fingerprint density at radius 2 is 2.17 bits per heavy atom. The number of aliphatic hydroxyl groups is 1. The number of hydrogen-bond donors (Lipinski definition) is 1. The Kier molecular flexibility index (Phi) is 3.83. The molecule has 0 aromatic carbocycles. The number of allylic oxidation sites excluding steroid dienone is 1. The summed E-state index contributed by atoms with van der Waals surface area (Å²) in [4.78, 5) is 13.2. The first-order valence-electron chi connectivity index (χ1n) is 11.8. The molecule has 0 bridgehead atoms. The third-order valence-corrected chi connectivity index (χ3v) is 10.2. The predicted molar refractivity (Wildman–Crippen MR) is 111 cm³/mol. The highest BCUT2D eigenvalue weighted by atomic mass is 16.3. The van der Waals surface area contributed by atoms with Crippen molar-refractivity contribution >= 4 is 5.78 Å². The van der Waals surface area contributed by atoms with Gasteiger partial charge in [0.05, 0.1) is 12.1 Å². The molecule has 1 N–H and O–H groups in total. The first-order valence-corrected chi connectivity index (χ1v) is 11.8. The summed E-state index contributed by atoms with van der Waals surface area (Å²) in [6.45, 7) is 5.13. The molecular weight excluding hydrogens is 360 g/mol. The SMILES string of the molecule is C[C@@H]1C[C@H]2C(=CC[C@@H]3[C@@H]2CC[C@]2(C)[C@@H](C(=O)Cn4cccn4)CC[C@@H]32)C2C[C@]21O. The van der Waals surface area contributed by atoms with Crippen molar-refractivity contribution in [1.82, 2.24) is 9.78 Å². The number of rotatable bonds is 3. The predicted octanol–water partition coefficient (Wildman–Crippen LogP) is 4.25. The Hall–Kier alpha value is -1.42. The van der Waals surface area contributed by atoms with Gasteiger partial charge in [0, 0.05) is 24.2 Å². The van der Waals surface area contributed by atoms with Gasteiger partial charge in [-0.05, 0) is 86.0 Å². The van der Waals surface area contributed by atoms with Gasteiger partial charge < -0.3 is 5.11 Å². The van der Waals surface area contributed by atoms with Crippen LogP contribution < -0.4 is 0 Å². The Morgan fingerprint density at radius 3 is 2.97 bits per heavy atom. The van der Waals surface area contributed by atoms with Crippen LogP contribution in [0.15, 0.2) is 30.1 Å². The van der Waals surface area contributed by atoms with E-state index in [4.69, 9.17) is 0 Å². The first kappa shape index (κ1) is 18.4. The molecule has 1 aromatic heterocycles. The Morgan fingerprint density at radius 1 is 1.31 bits per heavy atom. The maximum atomic E-state index is 13.2. The number of ketones is 1. The van der Waals surface area contributed by atoms with E-state index < -0.39 is 0 Å². The smallest absolute Gasteiger partial charge is 0.157 e. The first-order chi connectivity index (χ1) is 13.9. The Labute approximate surface area is 173 Å². The number of hydrogen-bond acceptors (Lipinski definition) is 3. The zero-order valence-electron chi connectivity index (χ0n) is 17.8. The topological polar surface area (TPSA) is 55.1 Å². The van der Waals surface area contributed by atoms with Crippen molar-refractivity contribution in [1.29, 1.82) is 0 Å². The zero-order valence-corrected chi connectivity index (χ0v) is 17.8. The molecule has 4 heteroatoms. The van der Waals surface area contributed by atoms with E-state index >= 15 is 0 Å². The third kappa shape index (κ3) is 2.47. The van der Waals surface area contributed by atoms with E-state index in [-0.39, 0.29) is 16.9 Å². The number of carbonyl (C=O) groups excluding carboxylic acids is 1. The summed E-state index contributed by atoms with van der Waals surface area (Å²) < 4.78 is 1.79. The Balaban J connectivity index is 1.24. The highest BCUT2D eigenvalue weighted by Crippen LogP contribution is 2.68. The lowest BCUT2D eigenvalue weighted by Gasteiger charge is -2.54. The summed E-state index contributed by atoms with van der Waals surface area (Å²) >= 11 is 0. The number of nitrogens with zero attached hydrogens (tertiary/aromatic N) is 2. The van der Waals surface area contributed by atoms with Gasteiger partial charge in [-0.2, -0.15) is 5.10 Å². The normalized spacial score (nSPS) is 50.0. The van der Waals surface area contributed by atoms with Crippen molar-refractivity contribution < 1.29 is 9.90 Å². The molecule has 4 saturated carbocycles. The van der Waals surface area contributed by atoms with Crippen molar-refractivity contribution in [2.45, 2.75) is 70.9 Å². The second-order valence-corrected chi connectivity index (χ2v) is 11.2. The summed E-state index contributed by atoms with van der Waals surface area (Å²) in [5, 5.41) is 15.1. The molecule has 156 valence electrons. The molecule has 0 spiro atoms. The average Bonchev–Trinajstić information content (AvgIpc) is 3.03. The summed E-state index contributed by atoms with van der Waals surface area (Å²) in [6.07, 6.45) is 14.3. The molecular formula is C25H34N2O2. The van der Waals surface area contributed by atoms with E-state index in [1.54, 1.807) is 16.5 Å². The fourth-order valence-electron chi connectivity index (χ4n) is 8.53. The van der Waals surface area contributed by atoms with E-state index in [9.17, 15) is 9.90 Å². The third-order valence-electron chi connectivity index (χ3n) is 10.2. The van der Waals surface area contributed by atoms with Crippen molar-refractivity contribution in [3.63, 3.8) is 0 Å². The lowest BCUT2D eigenvalue weighted by atomic mass is 9.51. The average molecular weight is 395 g/mol. The molecule has 0 radical (unpaired) electrons. The van der Waals surface area contributed by atoms with Crippen LogP contribution in [0.5, 0.6) is 0 Å². The van der Waals surface area contributed by atoms with Crippen LogP contribution in [0.25, 0.3) is 0 Å². The van der Waals surface area contributed by atoms with E-state index in [0.29, 0.717) is 36.0 Å². The van der Waals surface area contributed by atoms with Gasteiger partial charge in [0.25, 0.3) is 0 Å². The minimum Gasteiger partial charge on any atom is -0.389 e. The zero-order chi connectivity index (χ0) is 20.0. The van der Waals surface area contributed by atoms with Crippen LogP contribution in [0.4, 0.5) is 0 Å². The van der Waals surface area contributed by atoms with E-state index in [0.717, 1.165) is 24.7 Å². The lowest BCUT2D eigenvalue weighted by Crippen LogP contribution is -2.48. The molecule has 1 aromatic rings. The van der Waals surface area contributed by atoms with Gasteiger partial charge in [-0.3, -0.25) is 9.48 Å². The number of fused-ring (bicyclic) bond motifs is 7. The molecule has 6 rings (SSSR count). The van der Waals surface area contributed by atoms with Crippen molar-refractivity contribution in [2.75, 3.05) is 0 Å². The largest absolute Gasteiger partial charge is 0.389 e. The standard InChI is InChI=1S/C25H34N2O2/c1-15-12-19-16-8-9-24(2)20(17(16)4-5-18(19)22-13-25(15,22)29)6-7-21(24)23(28)14-27-11-3-10-26-27/h3,5,10-11,15-17,19-22,29H,4,6-9,12-14H2,1-2H3/t15-,16+,17-,19-,20+,21-,22?,24+,25-/m1/s1. The second kappa shape index (κ2) is 6.06. The van der Waals surface area contributed by atoms with Crippen LogP contribution in [0.3, 0.4) is 0 Å². The van der Waals surface area contributed by atoms with Crippen molar-refractivity contribution in [3.05, 3.63) is 30.1 Å². The van der Waals surface area contributed by atoms with Crippen molar-refractivity contribution in [2.24, 2.45) is 46.8 Å². The maximum Gasteiger partial charge on any atom is 0.157 e. The molecule has 4 fully saturated rings. The highest BCUT2D eigenvalue weighted by molar-refractivity contribution is 5.82. The Bertz CT molecular complexity index is 860. The monoisotopic (exact) mass is 394 g/mol. The van der Waals surface area contributed by atoms with Gasteiger partial charge in [0.1, 0.15) is 0 Å². The quantitative estimate of drug-likeness (QED) is 0.780. The summed E-state index contributed by atoms with van der Waals surface area (Å²) in [7, 11) is 0. The highest BCUT2D eigenvalue weighted by Gasteiger charge is 2.65. The molecule has 29 heavy (non-hydrogen) atoms.